The van der Waals surface area contributed by atoms with Crippen molar-refractivity contribution in [2.24, 2.45) is 5.92 Å². The molecule has 0 aromatic rings. The van der Waals surface area contributed by atoms with Crippen LogP contribution in [-0.4, -0.2) is 39.9 Å². The van der Waals surface area contributed by atoms with E-state index in [1.165, 1.54) is 103 Å². The van der Waals surface area contributed by atoms with Gasteiger partial charge in [0, 0.05) is 0 Å². The number of carbonyl (C=O) groups is 1. The third-order valence-electron chi connectivity index (χ3n) is 6.61. The normalized spacial score (nSPS) is 16.1. The zero-order valence-electron chi connectivity index (χ0n) is 22.6. The maximum atomic E-state index is 11.1. The Balaban J connectivity index is 4.52. The minimum Gasteiger partial charge on any atom is -0.476 e. The van der Waals surface area contributed by atoms with Crippen LogP contribution in [0, 0.1) is 5.92 Å². The fraction of sp³-hybridized carbons (Fsp3) is 0.963. The predicted octanol–water partition coefficient (Wildman–Crippen LogP) is 8.10. The standard InChI is InChI=1S/C27H53O6PS/c1-4-7-9-11-12-13-14-16-18-20-23(19-17-15-10-8-5-2)21-25(35)33-24(6-3)32-22-27(30,34-31)26(28)29/h23-25,30,35H,4-22H2,1-3H3,(H,28,29)/p+1. The van der Waals surface area contributed by atoms with Crippen molar-refractivity contribution in [3.8, 4) is 0 Å². The van der Waals surface area contributed by atoms with Crippen LogP contribution in [0.5, 0.6) is 0 Å². The van der Waals surface area contributed by atoms with E-state index in [2.05, 4.69) is 26.5 Å². The lowest BCUT2D eigenvalue weighted by Gasteiger charge is -2.25. The average molecular weight is 538 g/mol. The Morgan fingerprint density at radius 3 is 1.71 bits per heavy atom. The van der Waals surface area contributed by atoms with E-state index in [0.29, 0.717) is 12.3 Å². The summed E-state index contributed by atoms with van der Waals surface area (Å²) in [5.41, 5.74) is -0.327. The first-order chi connectivity index (χ1) is 16.8. The number of carboxylic acids is 1. The SMILES string of the molecule is CCCCCCCCCCCC(CCCCCCC)CC(S)OC(CC)OCC(O)([PH+]=O)C(=O)O. The highest BCUT2D eigenvalue weighted by Gasteiger charge is 2.47. The Labute approximate surface area is 221 Å². The fourth-order valence-electron chi connectivity index (χ4n) is 4.28. The van der Waals surface area contributed by atoms with Gasteiger partial charge < -0.3 is 19.7 Å². The summed E-state index contributed by atoms with van der Waals surface area (Å²) >= 11 is 4.65. The third-order valence-corrected chi connectivity index (χ3v) is 7.64. The Bertz CT molecular complexity index is 524. The maximum absolute atomic E-state index is 11.1. The van der Waals surface area contributed by atoms with E-state index in [1.54, 1.807) is 0 Å². The minimum atomic E-state index is -2.40. The first kappa shape index (κ1) is 34.8. The van der Waals surface area contributed by atoms with E-state index in [4.69, 9.17) is 14.6 Å². The van der Waals surface area contributed by atoms with Gasteiger partial charge in [0.15, 0.2) is 6.29 Å². The molecule has 0 aliphatic carbocycles. The zero-order chi connectivity index (χ0) is 26.4. The van der Waals surface area contributed by atoms with Crippen LogP contribution < -0.4 is 0 Å². The van der Waals surface area contributed by atoms with Crippen LogP contribution >= 0.6 is 21.1 Å². The van der Waals surface area contributed by atoms with Crippen LogP contribution in [0.4, 0.5) is 0 Å². The molecule has 0 aliphatic heterocycles. The summed E-state index contributed by atoms with van der Waals surface area (Å²) in [6, 6.07) is 0. The van der Waals surface area contributed by atoms with Gasteiger partial charge in [0.2, 0.25) is 0 Å². The van der Waals surface area contributed by atoms with Gasteiger partial charge in [-0.15, -0.1) is 12.6 Å². The minimum absolute atomic E-state index is 0.327. The summed E-state index contributed by atoms with van der Waals surface area (Å²) < 4.78 is 22.5. The summed E-state index contributed by atoms with van der Waals surface area (Å²) in [6.07, 6.45) is 21.2. The molecule has 0 fully saturated rings. The van der Waals surface area contributed by atoms with Crippen molar-refractivity contribution in [1.29, 1.82) is 0 Å². The van der Waals surface area contributed by atoms with E-state index in [9.17, 15) is 14.5 Å². The van der Waals surface area contributed by atoms with E-state index < -0.39 is 32.7 Å². The monoisotopic (exact) mass is 537 g/mol. The quantitative estimate of drug-likeness (QED) is 0.0447. The van der Waals surface area contributed by atoms with Gasteiger partial charge in [0.1, 0.15) is 12.0 Å². The second-order valence-electron chi connectivity index (χ2n) is 9.93. The molecule has 0 saturated heterocycles. The molecule has 5 unspecified atom stereocenters. The summed E-state index contributed by atoms with van der Waals surface area (Å²) in [5.74, 6) is -1.02. The molecule has 0 amide bonds. The molecule has 0 heterocycles. The Kier molecular flexibility index (Phi) is 22.8. The molecule has 6 nitrogen and oxygen atoms in total. The van der Waals surface area contributed by atoms with Crippen LogP contribution in [-0.2, 0) is 18.8 Å². The van der Waals surface area contributed by atoms with Gasteiger partial charge in [-0.05, 0) is 18.8 Å². The summed E-state index contributed by atoms with van der Waals surface area (Å²) in [7, 11) is -1.42. The van der Waals surface area contributed by atoms with Crippen molar-refractivity contribution in [1.82, 2.24) is 0 Å². The number of thiol groups is 1. The Morgan fingerprint density at radius 1 is 0.857 bits per heavy atom. The molecule has 35 heavy (non-hydrogen) atoms. The van der Waals surface area contributed by atoms with Gasteiger partial charge in [0.25, 0.3) is 0 Å². The number of aliphatic carboxylic acids is 1. The van der Waals surface area contributed by atoms with Crippen LogP contribution in [0.1, 0.15) is 136 Å². The summed E-state index contributed by atoms with van der Waals surface area (Å²) in [4.78, 5) is 11.1. The Hall–Kier alpha value is -0.200. The van der Waals surface area contributed by atoms with E-state index >= 15 is 0 Å². The van der Waals surface area contributed by atoms with Crippen molar-refractivity contribution in [3.05, 3.63) is 0 Å². The van der Waals surface area contributed by atoms with Crippen molar-refractivity contribution < 1.29 is 29.0 Å². The first-order valence-corrected chi connectivity index (χ1v) is 15.6. The molecule has 8 heteroatoms. The van der Waals surface area contributed by atoms with Crippen LogP contribution in [0.25, 0.3) is 0 Å². The van der Waals surface area contributed by atoms with Gasteiger partial charge in [-0.25, -0.2) is 4.79 Å². The van der Waals surface area contributed by atoms with E-state index in [-0.39, 0.29) is 5.44 Å². The maximum Gasteiger partial charge on any atom is 0.390 e. The van der Waals surface area contributed by atoms with Crippen LogP contribution in [0.2, 0.25) is 0 Å². The van der Waals surface area contributed by atoms with Crippen molar-refractivity contribution >= 4 is 27.1 Å². The van der Waals surface area contributed by atoms with Gasteiger partial charge in [-0.2, -0.15) is 0 Å². The molecular formula is C27H54O6PS+. The molecule has 5 atom stereocenters. The molecule has 0 aromatic carbocycles. The molecule has 2 N–H and O–H groups in total. The average Bonchev–Trinajstić information content (AvgIpc) is 2.84. The lowest BCUT2D eigenvalue weighted by atomic mass is 9.91. The third kappa shape index (κ3) is 18.7. The van der Waals surface area contributed by atoms with Gasteiger partial charge in [-0.1, -0.05) is 128 Å². The lowest BCUT2D eigenvalue weighted by molar-refractivity contribution is -0.183. The number of ether oxygens (including phenoxy) is 2. The molecule has 0 spiro atoms. The fourth-order valence-corrected chi connectivity index (χ4v) is 4.94. The van der Waals surface area contributed by atoms with Crippen molar-refractivity contribution in [2.45, 2.75) is 153 Å². The van der Waals surface area contributed by atoms with Crippen LogP contribution in [0.3, 0.4) is 0 Å². The summed E-state index contributed by atoms with van der Waals surface area (Å²) in [6.45, 7) is 5.77. The highest BCUT2D eigenvalue weighted by molar-refractivity contribution is 7.80. The predicted molar refractivity (Wildman–Crippen MR) is 149 cm³/mol. The number of unbranched alkanes of at least 4 members (excludes halogenated alkanes) is 12. The molecule has 0 rings (SSSR count). The van der Waals surface area contributed by atoms with Crippen LogP contribution in [0.15, 0.2) is 0 Å². The molecular weight excluding hydrogens is 483 g/mol. The Morgan fingerprint density at radius 2 is 1.31 bits per heavy atom. The molecule has 208 valence electrons. The molecule has 0 aliphatic rings. The molecule has 0 saturated carbocycles. The van der Waals surface area contributed by atoms with Gasteiger partial charge in [-0.3, -0.25) is 0 Å². The largest absolute Gasteiger partial charge is 0.476 e. The number of aliphatic hydroxyl groups is 1. The number of hydrogen-bond donors (Lipinski definition) is 3. The number of hydrogen-bond acceptors (Lipinski definition) is 6. The molecule has 0 radical (unpaired) electrons. The topological polar surface area (TPSA) is 93.1 Å². The second kappa shape index (κ2) is 23.0. The highest BCUT2D eigenvalue weighted by Crippen LogP contribution is 2.27. The smallest absolute Gasteiger partial charge is 0.390 e. The lowest BCUT2D eigenvalue weighted by Crippen LogP contribution is -2.39. The van der Waals surface area contributed by atoms with Gasteiger partial charge >= 0.3 is 19.8 Å². The molecule has 0 aromatic heterocycles. The first-order valence-electron chi connectivity index (χ1n) is 14.1. The van der Waals surface area contributed by atoms with Crippen molar-refractivity contribution in [3.63, 3.8) is 0 Å². The number of rotatable bonds is 26. The van der Waals surface area contributed by atoms with E-state index in [1.807, 2.05) is 6.92 Å². The van der Waals surface area contributed by atoms with Crippen molar-refractivity contribution in [2.75, 3.05) is 6.61 Å². The highest BCUT2D eigenvalue weighted by atomic mass is 32.1. The molecule has 0 bridgehead atoms. The van der Waals surface area contributed by atoms with E-state index in [0.717, 1.165) is 6.42 Å². The number of carboxylic acid groups (broad SMARTS) is 1. The summed E-state index contributed by atoms with van der Waals surface area (Å²) in [5, 5.41) is 16.6. The van der Waals surface area contributed by atoms with Gasteiger partial charge in [0.05, 0.1) is 0 Å². The zero-order valence-corrected chi connectivity index (χ0v) is 24.5. The second-order valence-corrected chi connectivity index (χ2v) is 11.5.